The lowest BCUT2D eigenvalue weighted by Crippen LogP contribution is -2.06. The van der Waals surface area contributed by atoms with Crippen LogP contribution in [0.3, 0.4) is 0 Å². The molecule has 0 aliphatic carbocycles. The Hall–Kier alpha value is -2.10. The van der Waals surface area contributed by atoms with Crippen molar-refractivity contribution in [2.45, 2.75) is 13.0 Å². The monoisotopic (exact) mass is 311 g/mol. The number of benzene rings is 2. The van der Waals surface area contributed by atoms with Crippen molar-refractivity contribution >= 4 is 11.6 Å². The van der Waals surface area contributed by atoms with E-state index in [9.17, 15) is 0 Å². The summed E-state index contributed by atoms with van der Waals surface area (Å²) in [5.41, 5.74) is 10.1. The highest BCUT2D eigenvalue weighted by Gasteiger charge is 2.10. The summed E-state index contributed by atoms with van der Waals surface area (Å²) >= 11 is 5.98. The molecule has 0 bridgehead atoms. The smallest absolute Gasteiger partial charge is 0.0689 e. The Kier molecular flexibility index (Phi) is 4.56. The van der Waals surface area contributed by atoms with E-state index in [1.54, 1.807) is 0 Å². The van der Waals surface area contributed by atoms with Gasteiger partial charge in [0.25, 0.3) is 0 Å². The van der Waals surface area contributed by atoms with Gasteiger partial charge in [-0.2, -0.15) is 5.10 Å². The minimum Gasteiger partial charge on any atom is -0.330 e. The maximum Gasteiger partial charge on any atom is 0.0689 e. The second kappa shape index (κ2) is 6.77. The Balaban J connectivity index is 1.98. The highest BCUT2D eigenvalue weighted by molar-refractivity contribution is 6.30. The molecule has 0 saturated heterocycles. The van der Waals surface area contributed by atoms with Gasteiger partial charge in [-0.15, -0.1) is 0 Å². The number of nitrogens with zero attached hydrogens (tertiary/aromatic N) is 2. The van der Waals surface area contributed by atoms with Crippen LogP contribution in [0.5, 0.6) is 0 Å². The van der Waals surface area contributed by atoms with E-state index in [0.29, 0.717) is 6.54 Å². The van der Waals surface area contributed by atoms with Crippen molar-refractivity contribution in [2.24, 2.45) is 5.73 Å². The second-order valence-electron chi connectivity index (χ2n) is 5.21. The van der Waals surface area contributed by atoms with Gasteiger partial charge in [0.2, 0.25) is 0 Å². The molecule has 0 aliphatic rings. The summed E-state index contributed by atoms with van der Waals surface area (Å²) in [6.07, 6.45) is 0.780. The Morgan fingerprint density at radius 3 is 2.41 bits per heavy atom. The van der Waals surface area contributed by atoms with Gasteiger partial charge in [-0.1, -0.05) is 54.1 Å². The molecule has 4 heteroatoms. The molecule has 0 spiro atoms. The molecule has 1 heterocycles. The van der Waals surface area contributed by atoms with Gasteiger partial charge in [0.15, 0.2) is 0 Å². The molecule has 2 N–H and O–H groups in total. The Morgan fingerprint density at radius 2 is 1.73 bits per heavy atom. The maximum absolute atomic E-state index is 5.98. The highest BCUT2D eigenvalue weighted by atomic mass is 35.5. The zero-order valence-corrected chi connectivity index (χ0v) is 13.0. The van der Waals surface area contributed by atoms with E-state index in [1.165, 1.54) is 5.56 Å². The van der Waals surface area contributed by atoms with Crippen LogP contribution in [0.25, 0.3) is 11.3 Å². The summed E-state index contributed by atoms with van der Waals surface area (Å²) in [5, 5.41) is 5.43. The van der Waals surface area contributed by atoms with E-state index in [2.05, 4.69) is 18.2 Å². The van der Waals surface area contributed by atoms with Gasteiger partial charge in [0.05, 0.1) is 17.9 Å². The molecule has 2 aromatic carbocycles. The van der Waals surface area contributed by atoms with Crippen LogP contribution < -0.4 is 5.73 Å². The molecule has 112 valence electrons. The first kappa shape index (κ1) is 14.8. The zero-order chi connectivity index (χ0) is 15.4. The van der Waals surface area contributed by atoms with Crippen molar-refractivity contribution in [1.82, 2.24) is 9.78 Å². The largest absolute Gasteiger partial charge is 0.330 e. The second-order valence-corrected chi connectivity index (χ2v) is 5.65. The van der Waals surface area contributed by atoms with Gasteiger partial charge in [-0.05, 0) is 35.9 Å². The molecule has 3 nitrogen and oxygen atoms in total. The van der Waals surface area contributed by atoms with Crippen LogP contribution in [0.4, 0.5) is 0 Å². The summed E-state index contributed by atoms with van der Waals surface area (Å²) in [6.45, 7) is 1.34. The third kappa shape index (κ3) is 3.38. The molecule has 0 radical (unpaired) electrons. The predicted octanol–water partition coefficient (Wildman–Crippen LogP) is 3.75. The van der Waals surface area contributed by atoms with Crippen molar-refractivity contribution in [3.63, 3.8) is 0 Å². The maximum atomic E-state index is 5.98. The summed E-state index contributed by atoms with van der Waals surface area (Å²) in [7, 11) is 0. The summed E-state index contributed by atoms with van der Waals surface area (Å²) in [4.78, 5) is 0. The van der Waals surface area contributed by atoms with Gasteiger partial charge in [0.1, 0.15) is 0 Å². The number of nitrogens with two attached hydrogens (primary N) is 1. The summed E-state index contributed by atoms with van der Waals surface area (Å²) in [6, 6.07) is 20.3. The van der Waals surface area contributed by atoms with E-state index in [1.807, 2.05) is 47.1 Å². The van der Waals surface area contributed by atoms with Crippen LogP contribution in [0.1, 0.15) is 11.3 Å². The molecule has 0 fully saturated rings. The number of halogens is 1. The van der Waals surface area contributed by atoms with Crippen LogP contribution in [0, 0.1) is 0 Å². The molecule has 0 aliphatic heterocycles. The van der Waals surface area contributed by atoms with Gasteiger partial charge in [0, 0.05) is 11.4 Å². The van der Waals surface area contributed by atoms with Crippen LogP contribution in [0.15, 0.2) is 60.7 Å². The molecule has 0 atom stereocenters. The average molecular weight is 312 g/mol. The number of hydrogen-bond donors (Lipinski definition) is 1. The highest BCUT2D eigenvalue weighted by Crippen LogP contribution is 2.23. The van der Waals surface area contributed by atoms with E-state index in [4.69, 9.17) is 22.4 Å². The number of rotatable bonds is 5. The van der Waals surface area contributed by atoms with Crippen LogP contribution in [-0.2, 0) is 13.0 Å². The van der Waals surface area contributed by atoms with Crippen molar-refractivity contribution in [3.05, 3.63) is 76.9 Å². The molecule has 3 rings (SSSR count). The molecular formula is C18H18ClN3. The van der Waals surface area contributed by atoms with Crippen LogP contribution >= 0.6 is 11.6 Å². The molecule has 1 aromatic heterocycles. The predicted molar refractivity (Wildman–Crippen MR) is 91.0 cm³/mol. The number of hydrogen-bond acceptors (Lipinski definition) is 2. The molecule has 0 saturated carbocycles. The molecular weight excluding hydrogens is 294 g/mol. The Morgan fingerprint density at radius 1 is 1.00 bits per heavy atom. The number of aromatic nitrogens is 2. The topological polar surface area (TPSA) is 43.8 Å². The van der Waals surface area contributed by atoms with Crippen molar-refractivity contribution in [1.29, 1.82) is 0 Å². The van der Waals surface area contributed by atoms with E-state index in [0.717, 1.165) is 34.9 Å². The fourth-order valence-electron chi connectivity index (χ4n) is 2.47. The first-order valence-electron chi connectivity index (χ1n) is 7.33. The van der Waals surface area contributed by atoms with E-state index >= 15 is 0 Å². The zero-order valence-electron chi connectivity index (χ0n) is 12.2. The average Bonchev–Trinajstić information content (AvgIpc) is 2.92. The first-order chi connectivity index (χ1) is 10.8. The van der Waals surface area contributed by atoms with Crippen molar-refractivity contribution in [2.75, 3.05) is 6.54 Å². The molecule has 0 unspecified atom stereocenters. The van der Waals surface area contributed by atoms with Gasteiger partial charge >= 0.3 is 0 Å². The van der Waals surface area contributed by atoms with Crippen LogP contribution in [-0.4, -0.2) is 16.3 Å². The lowest BCUT2D eigenvalue weighted by molar-refractivity contribution is 0.677. The Labute approximate surface area is 135 Å². The lowest BCUT2D eigenvalue weighted by Gasteiger charge is -2.08. The van der Waals surface area contributed by atoms with Gasteiger partial charge in [-0.25, -0.2) is 0 Å². The molecule has 0 amide bonds. The van der Waals surface area contributed by atoms with Crippen molar-refractivity contribution in [3.8, 4) is 11.3 Å². The molecule has 3 aromatic rings. The normalized spacial score (nSPS) is 10.8. The van der Waals surface area contributed by atoms with Crippen molar-refractivity contribution < 1.29 is 0 Å². The minimum absolute atomic E-state index is 0.600. The summed E-state index contributed by atoms with van der Waals surface area (Å²) in [5.74, 6) is 0. The minimum atomic E-state index is 0.600. The Bertz CT molecular complexity index is 733. The standard InChI is InChI=1S/C18H18ClN3/c19-16-8-6-15(7-9-16)18-12-17(10-11-20)21-22(18)13-14-4-2-1-3-5-14/h1-9,12H,10-11,13,20H2. The fourth-order valence-corrected chi connectivity index (χ4v) is 2.60. The molecule has 22 heavy (non-hydrogen) atoms. The van der Waals surface area contributed by atoms with Gasteiger partial charge < -0.3 is 5.73 Å². The quantitative estimate of drug-likeness (QED) is 0.780. The van der Waals surface area contributed by atoms with Gasteiger partial charge in [-0.3, -0.25) is 4.68 Å². The fraction of sp³-hybridized carbons (Fsp3) is 0.167. The van der Waals surface area contributed by atoms with Crippen LogP contribution in [0.2, 0.25) is 5.02 Å². The SMILES string of the molecule is NCCc1cc(-c2ccc(Cl)cc2)n(Cc2ccccc2)n1. The third-order valence-corrected chi connectivity index (χ3v) is 3.80. The summed E-state index contributed by atoms with van der Waals surface area (Å²) < 4.78 is 2.03. The third-order valence-electron chi connectivity index (χ3n) is 3.55. The van der Waals surface area contributed by atoms with E-state index < -0.39 is 0 Å². The first-order valence-corrected chi connectivity index (χ1v) is 7.71. The van der Waals surface area contributed by atoms with E-state index in [-0.39, 0.29) is 0 Å². The lowest BCUT2D eigenvalue weighted by atomic mass is 10.1.